The van der Waals surface area contributed by atoms with Crippen molar-refractivity contribution in [1.82, 2.24) is 0 Å². The number of hydrogen-bond donors (Lipinski definition) is 0. The topological polar surface area (TPSA) is 57.2 Å². The number of pyridine rings is 1. The van der Waals surface area contributed by atoms with Gasteiger partial charge in [-0.15, -0.1) is 0 Å². The fourth-order valence-corrected chi connectivity index (χ4v) is 1.17. The van der Waals surface area contributed by atoms with Gasteiger partial charge >= 0.3 is 0 Å². The maximum absolute atomic E-state index is 11.3. The quantitative estimate of drug-likeness (QED) is 0.374. The Kier molecular flexibility index (Phi) is 1.55. The van der Waals surface area contributed by atoms with Crippen molar-refractivity contribution in [3.05, 3.63) is 35.4 Å². The van der Waals surface area contributed by atoms with Crippen molar-refractivity contribution in [2.24, 2.45) is 0 Å². The van der Waals surface area contributed by atoms with Crippen LogP contribution in [0.3, 0.4) is 0 Å². The maximum atomic E-state index is 11.3. The molecule has 0 unspecified atom stereocenters. The molecule has 0 N–H and O–H groups in total. The van der Waals surface area contributed by atoms with Crippen LogP contribution in [0.5, 0.6) is 0 Å². The molecular formula is C9H7NO3. The number of ketones is 1. The highest BCUT2D eigenvalue weighted by Crippen LogP contribution is 2.12. The van der Waals surface area contributed by atoms with Crippen LogP contribution in [0.25, 0.3) is 11.1 Å². The van der Waals surface area contributed by atoms with Gasteiger partial charge < -0.3 is 9.62 Å². The molecule has 0 radical (unpaired) electrons. The minimum atomic E-state index is -0.150. The molecule has 13 heavy (non-hydrogen) atoms. The Labute approximate surface area is 74.0 Å². The zero-order valence-corrected chi connectivity index (χ0v) is 6.98. The van der Waals surface area contributed by atoms with Crippen LogP contribution in [0.15, 0.2) is 29.0 Å². The first kappa shape index (κ1) is 7.79. The molecule has 2 aromatic heterocycles. The summed E-state index contributed by atoms with van der Waals surface area (Å²) in [7, 11) is 0. The summed E-state index contributed by atoms with van der Waals surface area (Å²) in [6.45, 7) is 1.41. The van der Waals surface area contributed by atoms with E-state index in [0.717, 1.165) is 0 Å². The first-order valence-corrected chi connectivity index (χ1v) is 3.80. The standard InChI is InChI=1S/C9H7NO3/c1-6(11)7-4-9-8(2-3-13-9)10(12)5-7/h2-5H,1H3. The van der Waals surface area contributed by atoms with Crippen molar-refractivity contribution < 1.29 is 13.9 Å². The summed E-state index contributed by atoms with van der Waals surface area (Å²) < 4.78 is 5.65. The van der Waals surface area contributed by atoms with Gasteiger partial charge in [-0.05, 0) is 6.92 Å². The van der Waals surface area contributed by atoms with Gasteiger partial charge in [0.25, 0.3) is 5.52 Å². The predicted molar refractivity (Wildman–Crippen MR) is 45.2 cm³/mol. The Bertz CT molecular complexity index is 473. The molecule has 0 bridgehead atoms. The average molecular weight is 177 g/mol. The summed E-state index contributed by atoms with van der Waals surface area (Å²) >= 11 is 0. The first-order valence-electron chi connectivity index (χ1n) is 3.80. The van der Waals surface area contributed by atoms with Crippen LogP contribution in [-0.4, -0.2) is 5.78 Å². The third-order valence-electron chi connectivity index (χ3n) is 1.86. The zero-order valence-electron chi connectivity index (χ0n) is 6.98. The molecule has 0 amide bonds. The van der Waals surface area contributed by atoms with Gasteiger partial charge in [0.1, 0.15) is 0 Å². The molecule has 4 heteroatoms. The van der Waals surface area contributed by atoms with Crippen molar-refractivity contribution in [3.63, 3.8) is 0 Å². The van der Waals surface area contributed by atoms with Crippen LogP contribution >= 0.6 is 0 Å². The molecule has 2 aromatic rings. The van der Waals surface area contributed by atoms with Crippen LogP contribution < -0.4 is 4.73 Å². The van der Waals surface area contributed by atoms with E-state index in [2.05, 4.69) is 0 Å². The monoisotopic (exact) mass is 177 g/mol. The number of fused-ring (bicyclic) bond motifs is 1. The van der Waals surface area contributed by atoms with Gasteiger partial charge in [-0.3, -0.25) is 4.79 Å². The SMILES string of the molecule is CC(=O)c1cc2occc2[n+]([O-])c1. The molecule has 4 nitrogen and oxygen atoms in total. The van der Waals surface area contributed by atoms with E-state index in [1.54, 1.807) is 12.1 Å². The lowest BCUT2D eigenvalue weighted by Gasteiger charge is -1.98. The first-order chi connectivity index (χ1) is 6.18. The van der Waals surface area contributed by atoms with Gasteiger partial charge in [-0.2, -0.15) is 4.73 Å². The van der Waals surface area contributed by atoms with Gasteiger partial charge in [-0.25, -0.2) is 0 Å². The highest BCUT2D eigenvalue weighted by molar-refractivity contribution is 5.95. The third-order valence-corrected chi connectivity index (χ3v) is 1.86. The van der Waals surface area contributed by atoms with Crippen LogP contribution in [0.4, 0.5) is 0 Å². The van der Waals surface area contributed by atoms with E-state index in [4.69, 9.17) is 4.42 Å². The lowest BCUT2D eigenvalue weighted by molar-refractivity contribution is -0.577. The summed E-state index contributed by atoms with van der Waals surface area (Å²) in [5.41, 5.74) is 1.23. The van der Waals surface area contributed by atoms with E-state index in [1.807, 2.05) is 0 Å². The third kappa shape index (κ3) is 1.16. The molecule has 2 rings (SSSR count). The van der Waals surface area contributed by atoms with E-state index >= 15 is 0 Å². The molecule has 2 heterocycles. The Morgan fingerprint density at radius 2 is 2.38 bits per heavy atom. The highest BCUT2D eigenvalue weighted by Gasteiger charge is 2.11. The van der Waals surface area contributed by atoms with Crippen molar-refractivity contribution in [2.75, 3.05) is 0 Å². The summed E-state index contributed by atoms with van der Waals surface area (Å²) in [6.07, 6.45) is 2.67. The fraction of sp³-hybridized carbons (Fsp3) is 0.111. The zero-order chi connectivity index (χ0) is 9.42. The molecule has 0 saturated carbocycles. The number of carbonyl (C=O) groups excluding carboxylic acids is 1. The molecule has 0 saturated heterocycles. The summed E-state index contributed by atoms with van der Waals surface area (Å²) in [5, 5.41) is 11.3. The lowest BCUT2D eigenvalue weighted by Crippen LogP contribution is -2.27. The van der Waals surface area contributed by atoms with Gasteiger partial charge in [0.05, 0.1) is 17.9 Å². The van der Waals surface area contributed by atoms with E-state index in [9.17, 15) is 10.0 Å². The molecule has 0 aliphatic rings. The van der Waals surface area contributed by atoms with E-state index < -0.39 is 0 Å². The number of furan rings is 1. The molecule has 0 aliphatic carbocycles. The largest absolute Gasteiger partial charge is 0.618 e. The van der Waals surface area contributed by atoms with Crippen LogP contribution in [0.2, 0.25) is 0 Å². The molecule has 0 aromatic carbocycles. The summed E-state index contributed by atoms with van der Waals surface area (Å²) in [4.78, 5) is 11.0. The smallest absolute Gasteiger partial charge is 0.262 e. The maximum Gasteiger partial charge on any atom is 0.262 e. The average Bonchev–Trinajstić information content (AvgIpc) is 2.51. The summed E-state index contributed by atoms with van der Waals surface area (Å²) in [5.74, 6) is -0.150. The van der Waals surface area contributed by atoms with Gasteiger partial charge in [0.15, 0.2) is 17.6 Å². The van der Waals surface area contributed by atoms with E-state index in [1.165, 1.54) is 19.4 Å². The number of Topliss-reactive ketones (excluding diaryl/α,β-unsaturated/α-hetero) is 1. The van der Waals surface area contributed by atoms with Crippen LogP contribution in [-0.2, 0) is 0 Å². The molecule has 0 atom stereocenters. The van der Waals surface area contributed by atoms with Crippen LogP contribution in [0.1, 0.15) is 17.3 Å². The Hall–Kier alpha value is -1.84. The molecule has 0 fully saturated rings. The summed E-state index contributed by atoms with van der Waals surface area (Å²) in [6, 6.07) is 3.12. The van der Waals surface area contributed by atoms with Crippen molar-refractivity contribution >= 4 is 16.9 Å². The minimum absolute atomic E-state index is 0.150. The van der Waals surface area contributed by atoms with Crippen molar-refractivity contribution in [2.45, 2.75) is 6.92 Å². The molecule has 66 valence electrons. The second-order valence-corrected chi connectivity index (χ2v) is 2.78. The molecule has 0 spiro atoms. The minimum Gasteiger partial charge on any atom is -0.618 e. The van der Waals surface area contributed by atoms with E-state index in [0.29, 0.717) is 21.4 Å². The second kappa shape index (κ2) is 2.58. The Balaban J connectivity index is 2.77. The second-order valence-electron chi connectivity index (χ2n) is 2.78. The molecular weight excluding hydrogens is 170 g/mol. The van der Waals surface area contributed by atoms with Crippen molar-refractivity contribution in [3.8, 4) is 0 Å². The number of rotatable bonds is 1. The molecule has 0 aliphatic heterocycles. The van der Waals surface area contributed by atoms with E-state index in [-0.39, 0.29) is 5.78 Å². The number of hydrogen-bond acceptors (Lipinski definition) is 3. The number of nitrogens with zero attached hydrogens (tertiary/aromatic N) is 1. The number of carbonyl (C=O) groups is 1. The highest BCUT2D eigenvalue weighted by atomic mass is 16.5. The van der Waals surface area contributed by atoms with Gasteiger partial charge in [0, 0.05) is 6.07 Å². The Morgan fingerprint density at radius 3 is 3.08 bits per heavy atom. The fourth-order valence-electron chi connectivity index (χ4n) is 1.17. The predicted octanol–water partition coefficient (Wildman–Crippen LogP) is 1.27. The normalized spacial score (nSPS) is 10.5. The van der Waals surface area contributed by atoms with Gasteiger partial charge in [-0.1, -0.05) is 0 Å². The van der Waals surface area contributed by atoms with Crippen LogP contribution in [0, 0.1) is 5.21 Å². The lowest BCUT2D eigenvalue weighted by atomic mass is 10.2. The van der Waals surface area contributed by atoms with Gasteiger partial charge in [0.2, 0.25) is 0 Å². The Morgan fingerprint density at radius 1 is 1.62 bits per heavy atom. The number of aromatic nitrogens is 1. The van der Waals surface area contributed by atoms with Crippen molar-refractivity contribution in [1.29, 1.82) is 0 Å².